The van der Waals surface area contributed by atoms with Crippen molar-refractivity contribution in [1.29, 1.82) is 0 Å². The van der Waals surface area contributed by atoms with Crippen LogP contribution in [0.5, 0.6) is 0 Å². The van der Waals surface area contributed by atoms with E-state index in [4.69, 9.17) is 16.7 Å². The number of hydrogen-bond donors (Lipinski definition) is 2. The monoisotopic (exact) mass is 354 g/mol. The molecule has 10 heteroatoms. The van der Waals surface area contributed by atoms with Gasteiger partial charge in [0.25, 0.3) is 5.69 Å². The van der Waals surface area contributed by atoms with Gasteiger partial charge < -0.3 is 0 Å². The van der Waals surface area contributed by atoms with Gasteiger partial charge in [0.15, 0.2) is 0 Å². The fourth-order valence-electron chi connectivity index (χ4n) is 1.64. The van der Waals surface area contributed by atoms with Crippen molar-refractivity contribution < 1.29 is 13.3 Å². The molecule has 0 unspecified atom stereocenters. The van der Waals surface area contributed by atoms with Crippen molar-refractivity contribution in [3.63, 3.8) is 0 Å². The number of non-ortho nitro benzene ring substituents is 1. The van der Waals surface area contributed by atoms with Crippen LogP contribution in [-0.2, 0) is 10.0 Å². The Labute approximate surface area is 136 Å². The highest BCUT2D eigenvalue weighted by Crippen LogP contribution is 2.20. The summed E-state index contributed by atoms with van der Waals surface area (Å²) in [5.41, 5.74) is 3.43. The van der Waals surface area contributed by atoms with Crippen LogP contribution in [0.15, 0.2) is 52.5 Å². The van der Waals surface area contributed by atoms with Crippen molar-refractivity contribution in [1.82, 2.24) is 0 Å². The van der Waals surface area contributed by atoms with Gasteiger partial charge >= 0.3 is 0 Å². The lowest BCUT2D eigenvalue weighted by Crippen LogP contribution is -2.11. The second-order valence-electron chi connectivity index (χ2n) is 4.40. The minimum atomic E-state index is -3.75. The Morgan fingerprint density at radius 3 is 2.43 bits per heavy atom. The Morgan fingerprint density at radius 1 is 1.22 bits per heavy atom. The maximum atomic E-state index is 11.1. The van der Waals surface area contributed by atoms with Crippen molar-refractivity contribution in [3.05, 3.63) is 63.2 Å². The first kappa shape index (κ1) is 16.9. The molecule has 3 N–H and O–H groups in total. The first-order chi connectivity index (χ1) is 10.8. The Bertz CT molecular complexity index is 866. The number of nitrogens with one attached hydrogen (secondary N) is 1. The lowest BCUT2D eigenvalue weighted by Gasteiger charge is -2.02. The summed E-state index contributed by atoms with van der Waals surface area (Å²) in [7, 11) is -3.75. The number of primary sulfonamides is 1. The molecule has 0 aliphatic heterocycles. The molecule has 2 aromatic rings. The standard InChI is InChI=1S/C13H11ClN4O4S/c14-13-6-3-11(18(19)20)7-9(13)8-16-17-10-1-4-12(5-2-10)23(15,21)22/h1-8,17H,(H2,15,21,22)/b16-8+. The molecule has 2 aromatic carbocycles. The van der Waals surface area contributed by atoms with Crippen LogP contribution in [0.4, 0.5) is 11.4 Å². The van der Waals surface area contributed by atoms with E-state index in [-0.39, 0.29) is 10.6 Å². The highest BCUT2D eigenvalue weighted by molar-refractivity contribution is 7.89. The van der Waals surface area contributed by atoms with E-state index in [1.165, 1.54) is 48.7 Å². The number of nitro benzene ring substituents is 1. The lowest BCUT2D eigenvalue weighted by molar-refractivity contribution is -0.384. The molecule has 0 bridgehead atoms. The van der Waals surface area contributed by atoms with Gasteiger partial charge in [-0.2, -0.15) is 5.10 Å². The molecule has 0 aliphatic carbocycles. The predicted octanol–water partition coefficient (Wildman–Crippen LogP) is 2.34. The van der Waals surface area contributed by atoms with Gasteiger partial charge in [-0.05, 0) is 30.3 Å². The maximum Gasteiger partial charge on any atom is 0.270 e. The summed E-state index contributed by atoms with van der Waals surface area (Å²) in [5.74, 6) is 0. The zero-order chi connectivity index (χ0) is 17.0. The third-order valence-electron chi connectivity index (χ3n) is 2.77. The van der Waals surface area contributed by atoms with Gasteiger partial charge in [0.1, 0.15) is 0 Å². The van der Waals surface area contributed by atoms with Gasteiger partial charge in [0.05, 0.1) is 21.7 Å². The molecule has 0 saturated heterocycles. The van der Waals surface area contributed by atoms with Crippen molar-refractivity contribution in [2.75, 3.05) is 5.43 Å². The van der Waals surface area contributed by atoms with Gasteiger partial charge in [-0.25, -0.2) is 13.6 Å². The number of sulfonamides is 1. The normalized spacial score (nSPS) is 11.6. The molecule has 0 spiro atoms. The van der Waals surface area contributed by atoms with Crippen LogP contribution < -0.4 is 10.6 Å². The van der Waals surface area contributed by atoms with Gasteiger partial charge in [0.2, 0.25) is 10.0 Å². The molecule has 0 atom stereocenters. The number of benzene rings is 2. The Hall–Kier alpha value is -2.49. The number of anilines is 1. The molecule has 2 rings (SSSR count). The number of nitrogens with two attached hydrogens (primary N) is 1. The minimum absolute atomic E-state index is 0.0197. The number of halogens is 1. The van der Waals surface area contributed by atoms with Crippen LogP contribution in [0.25, 0.3) is 0 Å². The Balaban J connectivity index is 2.13. The molecular weight excluding hydrogens is 344 g/mol. The topological polar surface area (TPSA) is 128 Å². The SMILES string of the molecule is NS(=O)(=O)c1ccc(N/N=C/c2cc([N+](=O)[O-])ccc2Cl)cc1. The summed E-state index contributed by atoms with van der Waals surface area (Å²) in [4.78, 5) is 10.2. The molecule has 23 heavy (non-hydrogen) atoms. The first-order valence-electron chi connectivity index (χ1n) is 6.13. The predicted molar refractivity (Wildman–Crippen MR) is 87.1 cm³/mol. The summed E-state index contributed by atoms with van der Waals surface area (Å²) in [6.45, 7) is 0. The number of hydrazone groups is 1. The summed E-state index contributed by atoms with van der Waals surface area (Å²) in [5, 5.41) is 19.9. The summed E-state index contributed by atoms with van der Waals surface area (Å²) >= 11 is 5.93. The van der Waals surface area contributed by atoms with Crippen LogP contribution in [-0.4, -0.2) is 19.6 Å². The van der Waals surface area contributed by atoms with E-state index in [1.807, 2.05) is 0 Å². The number of nitrogens with zero attached hydrogens (tertiary/aromatic N) is 2. The molecule has 0 fully saturated rings. The molecule has 0 saturated carbocycles. The van der Waals surface area contributed by atoms with Gasteiger partial charge in [0, 0.05) is 22.7 Å². The fourth-order valence-corrected chi connectivity index (χ4v) is 2.32. The second kappa shape index (κ2) is 6.73. The van der Waals surface area contributed by atoms with E-state index in [0.717, 1.165) is 0 Å². The maximum absolute atomic E-state index is 11.1. The molecule has 0 heterocycles. The number of rotatable bonds is 5. The molecular formula is C13H11ClN4O4S. The molecule has 0 aromatic heterocycles. The van der Waals surface area contributed by atoms with Crippen LogP contribution in [0.2, 0.25) is 5.02 Å². The third kappa shape index (κ3) is 4.49. The summed E-state index contributed by atoms with van der Waals surface area (Å²) < 4.78 is 22.3. The van der Waals surface area contributed by atoms with E-state index in [1.54, 1.807) is 0 Å². The van der Waals surface area contributed by atoms with E-state index in [2.05, 4.69) is 10.5 Å². The quantitative estimate of drug-likeness (QED) is 0.484. The van der Waals surface area contributed by atoms with E-state index < -0.39 is 14.9 Å². The van der Waals surface area contributed by atoms with E-state index in [9.17, 15) is 18.5 Å². The molecule has 0 radical (unpaired) electrons. The minimum Gasteiger partial charge on any atom is -0.279 e. The second-order valence-corrected chi connectivity index (χ2v) is 6.37. The largest absolute Gasteiger partial charge is 0.279 e. The zero-order valence-electron chi connectivity index (χ0n) is 11.5. The summed E-state index contributed by atoms with van der Waals surface area (Å²) in [6, 6.07) is 9.60. The number of nitro groups is 1. The van der Waals surface area contributed by atoms with Crippen molar-refractivity contribution >= 4 is 39.2 Å². The smallest absolute Gasteiger partial charge is 0.270 e. The average Bonchev–Trinajstić information content (AvgIpc) is 2.48. The van der Waals surface area contributed by atoms with Crippen LogP contribution >= 0.6 is 11.6 Å². The molecule has 8 nitrogen and oxygen atoms in total. The zero-order valence-corrected chi connectivity index (χ0v) is 13.1. The van der Waals surface area contributed by atoms with Crippen molar-refractivity contribution in [2.45, 2.75) is 4.90 Å². The molecule has 0 amide bonds. The van der Waals surface area contributed by atoms with Gasteiger partial charge in [-0.1, -0.05) is 11.6 Å². The third-order valence-corrected chi connectivity index (χ3v) is 4.04. The molecule has 0 aliphatic rings. The van der Waals surface area contributed by atoms with Crippen LogP contribution in [0.1, 0.15) is 5.56 Å². The first-order valence-corrected chi connectivity index (χ1v) is 8.06. The fraction of sp³-hybridized carbons (Fsp3) is 0. The van der Waals surface area contributed by atoms with E-state index >= 15 is 0 Å². The van der Waals surface area contributed by atoms with Crippen molar-refractivity contribution in [3.8, 4) is 0 Å². The lowest BCUT2D eigenvalue weighted by atomic mass is 10.2. The van der Waals surface area contributed by atoms with Crippen LogP contribution in [0.3, 0.4) is 0 Å². The van der Waals surface area contributed by atoms with Gasteiger partial charge in [-0.15, -0.1) is 0 Å². The van der Waals surface area contributed by atoms with Crippen LogP contribution in [0, 0.1) is 10.1 Å². The Morgan fingerprint density at radius 2 is 1.87 bits per heavy atom. The molecule has 120 valence electrons. The Kier molecular flexibility index (Phi) is 4.94. The van der Waals surface area contributed by atoms with E-state index in [0.29, 0.717) is 16.3 Å². The van der Waals surface area contributed by atoms with Crippen molar-refractivity contribution in [2.24, 2.45) is 10.2 Å². The average molecular weight is 355 g/mol. The number of hydrogen-bond acceptors (Lipinski definition) is 6. The highest BCUT2D eigenvalue weighted by Gasteiger charge is 2.08. The van der Waals surface area contributed by atoms with Gasteiger partial charge in [-0.3, -0.25) is 15.5 Å². The highest BCUT2D eigenvalue weighted by atomic mass is 35.5. The summed E-state index contributed by atoms with van der Waals surface area (Å²) in [6.07, 6.45) is 1.32.